The molecule has 3 rings (SSSR count). The van der Waals surface area contributed by atoms with E-state index >= 15 is 0 Å². The van der Waals surface area contributed by atoms with Crippen LogP contribution in [0, 0.1) is 13.8 Å². The van der Waals surface area contributed by atoms with Crippen LogP contribution < -0.4 is 4.90 Å². The number of nitrogens with zero attached hydrogens (tertiary/aromatic N) is 1. The van der Waals surface area contributed by atoms with Gasteiger partial charge in [-0.05, 0) is 55.5 Å². The highest BCUT2D eigenvalue weighted by Gasteiger charge is 2.23. The molecule has 0 fully saturated rings. The second kappa shape index (κ2) is 6.87. The van der Waals surface area contributed by atoms with Gasteiger partial charge in [0.2, 0.25) is 0 Å². The monoisotopic (exact) mass is 323 g/mol. The first-order valence-corrected chi connectivity index (χ1v) is 8.19. The summed E-state index contributed by atoms with van der Waals surface area (Å²) in [5.74, 6) is -0.629. The smallest absolute Gasteiger partial charge is 0.338 e. The second-order valence-electron chi connectivity index (χ2n) is 6.10. The van der Waals surface area contributed by atoms with Crippen molar-refractivity contribution in [3.05, 3.63) is 64.7 Å². The number of hydrogen-bond donors (Lipinski definition) is 0. The average molecular weight is 323 g/mol. The number of rotatable bonds is 3. The Balaban J connectivity index is 1.68. The van der Waals surface area contributed by atoms with Crippen molar-refractivity contribution in [1.29, 1.82) is 0 Å². The van der Waals surface area contributed by atoms with Gasteiger partial charge in [0.25, 0.3) is 5.91 Å². The van der Waals surface area contributed by atoms with Crippen molar-refractivity contribution >= 4 is 17.6 Å². The summed E-state index contributed by atoms with van der Waals surface area (Å²) in [6.45, 7) is 4.26. The van der Waals surface area contributed by atoms with E-state index < -0.39 is 5.97 Å². The largest absolute Gasteiger partial charge is 0.452 e. The quantitative estimate of drug-likeness (QED) is 0.813. The van der Waals surface area contributed by atoms with Crippen molar-refractivity contribution in [3.63, 3.8) is 0 Å². The lowest BCUT2D eigenvalue weighted by atomic mass is 10.0. The molecule has 1 heterocycles. The Bertz CT molecular complexity index is 782. The Morgan fingerprint density at radius 2 is 1.88 bits per heavy atom. The van der Waals surface area contributed by atoms with Crippen LogP contribution in [0.1, 0.15) is 33.5 Å². The van der Waals surface area contributed by atoms with Gasteiger partial charge >= 0.3 is 5.97 Å². The molecular weight excluding hydrogens is 302 g/mol. The van der Waals surface area contributed by atoms with Gasteiger partial charge in [0, 0.05) is 12.2 Å². The van der Waals surface area contributed by atoms with E-state index in [9.17, 15) is 9.59 Å². The van der Waals surface area contributed by atoms with Crippen molar-refractivity contribution in [1.82, 2.24) is 0 Å². The van der Waals surface area contributed by atoms with E-state index in [1.54, 1.807) is 11.0 Å². The number of fused-ring (bicyclic) bond motifs is 1. The molecule has 0 saturated carbocycles. The molecule has 0 bridgehead atoms. The summed E-state index contributed by atoms with van der Waals surface area (Å²) in [7, 11) is 0. The van der Waals surface area contributed by atoms with E-state index in [0.29, 0.717) is 12.1 Å². The van der Waals surface area contributed by atoms with Crippen LogP contribution in [0.4, 0.5) is 5.69 Å². The van der Waals surface area contributed by atoms with Crippen molar-refractivity contribution in [2.75, 3.05) is 18.1 Å². The molecular formula is C20H21NO3. The lowest BCUT2D eigenvalue weighted by Crippen LogP contribution is -2.38. The highest BCUT2D eigenvalue weighted by molar-refractivity contribution is 5.98. The van der Waals surface area contributed by atoms with Crippen LogP contribution in [0.15, 0.2) is 42.5 Å². The van der Waals surface area contributed by atoms with Gasteiger partial charge in [-0.2, -0.15) is 0 Å². The van der Waals surface area contributed by atoms with E-state index in [-0.39, 0.29) is 12.5 Å². The molecule has 1 aliphatic rings. The summed E-state index contributed by atoms with van der Waals surface area (Å²) in [5, 5.41) is 0. The number of hydrogen-bond acceptors (Lipinski definition) is 3. The van der Waals surface area contributed by atoms with Crippen LogP contribution in [0.25, 0.3) is 0 Å². The Labute approximate surface area is 142 Å². The van der Waals surface area contributed by atoms with E-state index in [1.165, 1.54) is 0 Å². The molecule has 124 valence electrons. The normalized spacial score (nSPS) is 13.3. The number of benzene rings is 2. The first kappa shape index (κ1) is 16.2. The van der Waals surface area contributed by atoms with E-state index in [0.717, 1.165) is 35.2 Å². The predicted molar refractivity (Wildman–Crippen MR) is 93.3 cm³/mol. The topological polar surface area (TPSA) is 46.6 Å². The van der Waals surface area contributed by atoms with Gasteiger partial charge in [-0.3, -0.25) is 4.79 Å². The maximum Gasteiger partial charge on any atom is 0.338 e. The third kappa shape index (κ3) is 3.18. The standard InChI is InChI=1S/C20H21NO3/c1-14-7-5-10-17(15(14)2)20(23)24-13-19(22)21-12-6-9-16-8-3-4-11-18(16)21/h3-5,7-8,10-11H,6,9,12-13H2,1-2H3. The predicted octanol–water partition coefficient (Wildman–Crippen LogP) is 3.44. The van der Waals surface area contributed by atoms with Gasteiger partial charge in [-0.25, -0.2) is 4.79 Å². The van der Waals surface area contributed by atoms with E-state index in [4.69, 9.17) is 4.74 Å². The SMILES string of the molecule is Cc1cccc(C(=O)OCC(=O)N2CCCc3ccccc32)c1C. The molecule has 0 radical (unpaired) electrons. The van der Waals surface area contributed by atoms with Crippen LogP contribution >= 0.6 is 0 Å². The number of aryl methyl sites for hydroxylation is 2. The summed E-state index contributed by atoms with van der Waals surface area (Å²) in [4.78, 5) is 26.5. The molecule has 0 atom stereocenters. The van der Waals surface area contributed by atoms with Gasteiger partial charge in [0.05, 0.1) is 5.56 Å². The van der Waals surface area contributed by atoms with E-state index in [1.807, 2.05) is 50.2 Å². The molecule has 1 aliphatic heterocycles. The molecule has 0 unspecified atom stereocenters. The summed E-state index contributed by atoms with van der Waals surface area (Å²) < 4.78 is 5.26. The van der Waals surface area contributed by atoms with Crippen molar-refractivity contribution < 1.29 is 14.3 Å². The highest BCUT2D eigenvalue weighted by Crippen LogP contribution is 2.26. The molecule has 2 aromatic rings. The fourth-order valence-electron chi connectivity index (χ4n) is 3.05. The zero-order valence-electron chi connectivity index (χ0n) is 14.0. The van der Waals surface area contributed by atoms with Crippen LogP contribution in [0.3, 0.4) is 0 Å². The minimum atomic E-state index is -0.449. The van der Waals surface area contributed by atoms with Gasteiger partial charge in [-0.15, -0.1) is 0 Å². The van der Waals surface area contributed by atoms with E-state index in [2.05, 4.69) is 0 Å². The maximum absolute atomic E-state index is 12.5. The van der Waals surface area contributed by atoms with Gasteiger partial charge < -0.3 is 9.64 Å². The summed E-state index contributed by atoms with van der Waals surface area (Å²) in [6, 6.07) is 13.4. The Morgan fingerprint density at radius 3 is 2.71 bits per heavy atom. The van der Waals surface area contributed by atoms with Crippen molar-refractivity contribution in [2.45, 2.75) is 26.7 Å². The number of carbonyl (C=O) groups is 2. The number of anilines is 1. The minimum absolute atomic E-state index is 0.180. The Hall–Kier alpha value is -2.62. The fraction of sp³-hybridized carbons (Fsp3) is 0.300. The first-order valence-electron chi connectivity index (χ1n) is 8.19. The third-order valence-corrected chi connectivity index (χ3v) is 4.56. The molecule has 0 spiro atoms. The van der Waals surface area contributed by atoms with Crippen molar-refractivity contribution in [3.8, 4) is 0 Å². The lowest BCUT2D eigenvalue weighted by Gasteiger charge is -2.29. The zero-order chi connectivity index (χ0) is 17.1. The highest BCUT2D eigenvalue weighted by atomic mass is 16.5. The number of para-hydroxylation sites is 1. The van der Waals surface area contributed by atoms with Crippen LogP contribution in [-0.2, 0) is 16.0 Å². The lowest BCUT2D eigenvalue weighted by molar-refractivity contribution is -0.121. The summed E-state index contributed by atoms with van der Waals surface area (Å²) in [6.07, 6.45) is 1.90. The van der Waals surface area contributed by atoms with Gasteiger partial charge in [0.1, 0.15) is 0 Å². The third-order valence-electron chi connectivity index (χ3n) is 4.56. The number of amides is 1. The van der Waals surface area contributed by atoms with Crippen molar-refractivity contribution in [2.24, 2.45) is 0 Å². The minimum Gasteiger partial charge on any atom is -0.452 e. The molecule has 0 N–H and O–H groups in total. The Morgan fingerprint density at radius 1 is 1.08 bits per heavy atom. The van der Waals surface area contributed by atoms with Gasteiger partial charge in [0.15, 0.2) is 6.61 Å². The van der Waals surface area contributed by atoms with Gasteiger partial charge in [-0.1, -0.05) is 30.3 Å². The summed E-state index contributed by atoms with van der Waals surface area (Å²) >= 11 is 0. The molecule has 2 aromatic carbocycles. The van der Waals surface area contributed by atoms with Crippen LogP contribution in [-0.4, -0.2) is 25.0 Å². The number of ether oxygens (including phenoxy) is 1. The summed E-state index contributed by atoms with van der Waals surface area (Å²) in [5.41, 5.74) is 4.52. The fourth-order valence-corrected chi connectivity index (χ4v) is 3.05. The van der Waals surface area contributed by atoms with Crippen LogP contribution in [0.2, 0.25) is 0 Å². The molecule has 0 saturated heterocycles. The zero-order valence-corrected chi connectivity index (χ0v) is 14.0. The van der Waals surface area contributed by atoms with Crippen LogP contribution in [0.5, 0.6) is 0 Å². The molecule has 0 aromatic heterocycles. The number of carbonyl (C=O) groups excluding carboxylic acids is 2. The second-order valence-corrected chi connectivity index (χ2v) is 6.10. The Kier molecular flexibility index (Phi) is 4.65. The first-order chi connectivity index (χ1) is 11.6. The molecule has 24 heavy (non-hydrogen) atoms. The molecule has 0 aliphatic carbocycles. The molecule has 4 nitrogen and oxygen atoms in total. The molecule has 4 heteroatoms. The molecule has 1 amide bonds. The number of esters is 1. The maximum atomic E-state index is 12.5. The average Bonchev–Trinajstić information content (AvgIpc) is 2.61.